The molecule has 0 aliphatic carbocycles. The van der Waals surface area contributed by atoms with E-state index in [1.807, 2.05) is 6.92 Å². The lowest BCUT2D eigenvalue weighted by molar-refractivity contribution is 0.630. The second-order valence-corrected chi connectivity index (χ2v) is 6.06. The lowest BCUT2D eigenvalue weighted by atomic mass is 10.0. The molecule has 5 nitrogen and oxygen atoms in total. The third-order valence-corrected chi connectivity index (χ3v) is 4.30. The molecule has 0 aliphatic rings. The second kappa shape index (κ2) is 6.55. The van der Waals surface area contributed by atoms with Crippen molar-refractivity contribution in [2.45, 2.75) is 19.9 Å². The number of rotatable bonds is 4. The van der Waals surface area contributed by atoms with E-state index in [4.69, 9.17) is 0 Å². The quantitative estimate of drug-likeness (QED) is 0.564. The van der Waals surface area contributed by atoms with Crippen LogP contribution in [0.1, 0.15) is 13.3 Å². The Morgan fingerprint density at radius 1 is 1.15 bits per heavy atom. The van der Waals surface area contributed by atoms with Gasteiger partial charge in [-0.2, -0.15) is 5.10 Å². The molecule has 3 heterocycles. The maximum Gasteiger partial charge on any atom is 0.250 e. The molecule has 1 aromatic carbocycles. The van der Waals surface area contributed by atoms with E-state index in [9.17, 15) is 9.18 Å². The van der Waals surface area contributed by atoms with Crippen LogP contribution >= 0.6 is 0 Å². The van der Waals surface area contributed by atoms with Crippen molar-refractivity contribution in [1.82, 2.24) is 19.2 Å². The Balaban J connectivity index is 2.03. The van der Waals surface area contributed by atoms with Gasteiger partial charge < -0.3 is 4.57 Å². The molecule has 3 aromatic heterocycles. The van der Waals surface area contributed by atoms with E-state index >= 15 is 0 Å². The zero-order valence-corrected chi connectivity index (χ0v) is 14.3. The zero-order chi connectivity index (χ0) is 18.1. The molecule has 0 N–H and O–H groups in total. The van der Waals surface area contributed by atoms with Gasteiger partial charge in [0.05, 0.1) is 11.7 Å². The molecule has 0 radical (unpaired) electrons. The highest BCUT2D eigenvalue weighted by atomic mass is 19.1. The minimum atomic E-state index is -0.341. The van der Waals surface area contributed by atoms with Crippen molar-refractivity contribution in [3.05, 3.63) is 77.4 Å². The van der Waals surface area contributed by atoms with E-state index in [0.717, 1.165) is 23.1 Å². The van der Waals surface area contributed by atoms with Crippen molar-refractivity contribution in [2.24, 2.45) is 0 Å². The van der Waals surface area contributed by atoms with Gasteiger partial charge in [0.15, 0.2) is 0 Å². The number of pyridine rings is 1. The van der Waals surface area contributed by atoms with Crippen molar-refractivity contribution in [3.63, 3.8) is 0 Å². The van der Waals surface area contributed by atoms with E-state index in [0.29, 0.717) is 17.8 Å². The highest BCUT2D eigenvalue weighted by molar-refractivity contribution is 5.91. The highest BCUT2D eigenvalue weighted by Gasteiger charge is 2.19. The summed E-state index contributed by atoms with van der Waals surface area (Å²) in [7, 11) is 0. The molecule has 0 saturated carbocycles. The number of benzene rings is 1. The molecule has 0 atom stereocenters. The van der Waals surface area contributed by atoms with E-state index in [-0.39, 0.29) is 11.4 Å². The van der Waals surface area contributed by atoms with Gasteiger partial charge >= 0.3 is 0 Å². The maximum atomic E-state index is 14.4. The summed E-state index contributed by atoms with van der Waals surface area (Å²) < 4.78 is 17.8. The highest BCUT2D eigenvalue weighted by Crippen LogP contribution is 2.35. The Labute approximate surface area is 149 Å². The van der Waals surface area contributed by atoms with E-state index < -0.39 is 0 Å². The van der Waals surface area contributed by atoms with E-state index in [2.05, 4.69) is 10.1 Å². The summed E-state index contributed by atoms with van der Waals surface area (Å²) in [6.45, 7) is 2.64. The van der Waals surface area contributed by atoms with Gasteiger partial charge in [-0.05, 0) is 24.6 Å². The largest absolute Gasteiger partial charge is 0.315 e. The van der Waals surface area contributed by atoms with Gasteiger partial charge in [-0.3, -0.25) is 9.78 Å². The molecular weight excluding hydrogens is 331 g/mol. The molecule has 0 bridgehead atoms. The average Bonchev–Trinajstić information content (AvgIpc) is 3.03. The van der Waals surface area contributed by atoms with Crippen LogP contribution in [0, 0.1) is 5.82 Å². The van der Waals surface area contributed by atoms with Gasteiger partial charge in [0, 0.05) is 47.9 Å². The van der Waals surface area contributed by atoms with Gasteiger partial charge in [-0.25, -0.2) is 8.91 Å². The molecular formula is C20H17FN4O. The molecule has 4 aromatic rings. The SMILES string of the molecule is CCCn1cc(-c2c(-c3ccccc3F)nn3ccncc23)ccc1=O. The fourth-order valence-corrected chi connectivity index (χ4v) is 3.12. The second-order valence-electron chi connectivity index (χ2n) is 6.06. The number of hydrogen-bond donors (Lipinski definition) is 0. The van der Waals surface area contributed by atoms with Crippen molar-refractivity contribution in [1.29, 1.82) is 0 Å². The summed E-state index contributed by atoms with van der Waals surface area (Å²) in [6.07, 6.45) is 7.71. The average molecular weight is 348 g/mol. The fourth-order valence-electron chi connectivity index (χ4n) is 3.12. The number of aromatic nitrogens is 4. The van der Waals surface area contributed by atoms with E-state index in [1.165, 1.54) is 12.1 Å². The molecule has 0 fully saturated rings. The smallest absolute Gasteiger partial charge is 0.250 e. The van der Waals surface area contributed by atoms with Gasteiger partial charge in [0.2, 0.25) is 0 Å². The van der Waals surface area contributed by atoms with Crippen molar-refractivity contribution >= 4 is 5.52 Å². The first-order chi connectivity index (χ1) is 12.7. The van der Waals surface area contributed by atoms with Crippen LogP contribution in [0.3, 0.4) is 0 Å². The number of nitrogens with zero attached hydrogens (tertiary/aromatic N) is 4. The summed E-state index contributed by atoms with van der Waals surface area (Å²) in [5, 5.41) is 4.57. The van der Waals surface area contributed by atoms with Crippen LogP contribution in [0.2, 0.25) is 0 Å². The van der Waals surface area contributed by atoms with Crippen LogP contribution in [-0.4, -0.2) is 19.2 Å². The maximum absolute atomic E-state index is 14.4. The number of halogens is 1. The Morgan fingerprint density at radius 2 is 2.00 bits per heavy atom. The van der Waals surface area contributed by atoms with Crippen LogP contribution in [0.5, 0.6) is 0 Å². The fraction of sp³-hybridized carbons (Fsp3) is 0.150. The molecule has 4 rings (SSSR count). The number of aryl methyl sites for hydroxylation is 1. The summed E-state index contributed by atoms with van der Waals surface area (Å²) in [6, 6.07) is 9.84. The van der Waals surface area contributed by atoms with Gasteiger partial charge in [-0.1, -0.05) is 19.1 Å². The molecule has 26 heavy (non-hydrogen) atoms. The minimum Gasteiger partial charge on any atom is -0.315 e. The number of fused-ring (bicyclic) bond motifs is 1. The predicted molar refractivity (Wildman–Crippen MR) is 98.4 cm³/mol. The first-order valence-electron chi connectivity index (χ1n) is 8.47. The van der Waals surface area contributed by atoms with Crippen molar-refractivity contribution in [3.8, 4) is 22.4 Å². The molecule has 0 aliphatic heterocycles. The molecule has 0 unspecified atom stereocenters. The zero-order valence-electron chi connectivity index (χ0n) is 14.3. The lowest BCUT2D eigenvalue weighted by Crippen LogP contribution is -2.18. The Hall–Kier alpha value is -3.28. The van der Waals surface area contributed by atoms with Crippen molar-refractivity contribution < 1.29 is 4.39 Å². The van der Waals surface area contributed by atoms with Gasteiger partial charge in [-0.15, -0.1) is 0 Å². The van der Waals surface area contributed by atoms with Crippen LogP contribution in [-0.2, 0) is 6.54 Å². The van der Waals surface area contributed by atoms with Crippen LogP contribution in [0.4, 0.5) is 4.39 Å². The van der Waals surface area contributed by atoms with Crippen LogP contribution in [0.25, 0.3) is 27.9 Å². The first-order valence-corrected chi connectivity index (χ1v) is 8.47. The van der Waals surface area contributed by atoms with Gasteiger partial charge in [0.25, 0.3) is 5.56 Å². The monoisotopic (exact) mass is 348 g/mol. The topological polar surface area (TPSA) is 52.2 Å². The van der Waals surface area contributed by atoms with Gasteiger partial charge in [0.1, 0.15) is 11.5 Å². The third-order valence-electron chi connectivity index (χ3n) is 4.30. The lowest BCUT2D eigenvalue weighted by Gasteiger charge is -2.08. The summed E-state index contributed by atoms with van der Waals surface area (Å²) in [5.74, 6) is -0.341. The molecule has 0 spiro atoms. The minimum absolute atomic E-state index is 0.0577. The summed E-state index contributed by atoms with van der Waals surface area (Å²) in [5.41, 5.74) is 3.20. The third kappa shape index (κ3) is 2.69. The summed E-state index contributed by atoms with van der Waals surface area (Å²) >= 11 is 0. The number of hydrogen-bond acceptors (Lipinski definition) is 3. The predicted octanol–water partition coefficient (Wildman–Crippen LogP) is 3.77. The summed E-state index contributed by atoms with van der Waals surface area (Å²) in [4.78, 5) is 16.3. The molecule has 0 amide bonds. The molecule has 6 heteroatoms. The standard InChI is InChI=1S/C20H17FN4O/c1-2-10-24-13-14(7-8-18(24)26)19-17-12-22-9-11-25(17)23-20(19)15-5-3-4-6-16(15)21/h3-9,11-13H,2,10H2,1H3. The van der Waals surface area contributed by atoms with Crippen LogP contribution < -0.4 is 5.56 Å². The first kappa shape index (κ1) is 16.2. The molecule has 130 valence electrons. The molecule has 0 saturated heterocycles. The Bertz CT molecular complexity index is 1150. The Morgan fingerprint density at radius 3 is 2.81 bits per heavy atom. The normalized spacial score (nSPS) is 11.2. The van der Waals surface area contributed by atoms with E-state index in [1.54, 1.807) is 58.1 Å². The van der Waals surface area contributed by atoms with Crippen molar-refractivity contribution in [2.75, 3.05) is 0 Å². The Kier molecular flexibility index (Phi) is 4.08. The van der Waals surface area contributed by atoms with Crippen LogP contribution in [0.15, 0.2) is 66.0 Å².